The summed E-state index contributed by atoms with van der Waals surface area (Å²) < 4.78 is 2.38. The zero-order valence-corrected chi connectivity index (χ0v) is 11.0. The maximum absolute atomic E-state index is 10.9. The molecule has 0 aliphatic heterocycles. The van der Waals surface area contributed by atoms with Gasteiger partial charge in [0.1, 0.15) is 5.82 Å². The number of carbonyl (C=O) groups excluding carboxylic acids is 1. The van der Waals surface area contributed by atoms with Crippen LogP contribution in [0.4, 0.5) is 5.13 Å². The predicted octanol–water partition coefficient (Wildman–Crippen LogP) is 1.48. The Hall–Kier alpha value is -1.54. The van der Waals surface area contributed by atoms with E-state index in [0.29, 0.717) is 16.3 Å². The van der Waals surface area contributed by atoms with Crippen molar-refractivity contribution in [3.8, 4) is 0 Å². The fraction of sp³-hybridized carbons (Fsp3) is 0.333. The van der Waals surface area contributed by atoms with Gasteiger partial charge in [-0.1, -0.05) is 0 Å². The first-order chi connectivity index (χ1) is 8.06. The minimum absolute atomic E-state index is 0.121. The molecule has 2 rings (SSSR count). The van der Waals surface area contributed by atoms with Gasteiger partial charge in [-0.2, -0.15) is 5.10 Å². The average molecular weight is 269 g/mol. The molecule has 8 heteroatoms. The van der Waals surface area contributed by atoms with E-state index in [9.17, 15) is 4.79 Å². The van der Waals surface area contributed by atoms with Gasteiger partial charge in [-0.05, 0) is 12.2 Å². The van der Waals surface area contributed by atoms with Crippen LogP contribution in [0.5, 0.6) is 0 Å². The first-order valence-electron chi connectivity index (χ1n) is 4.88. The van der Waals surface area contributed by atoms with Gasteiger partial charge in [-0.3, -0.25) is 9.89 Å². The van der Waals surface area contributed by atoms with Crippen LogP contribution >= 0.6 is 23.6 Å². The molecule has 17 heavy (non-hydrogen) atoms. The van der Waals surface area contributed by atoms with Crippen molar-refractivity contribution in [1.29, 1.82) is 0 Å². The molecule has 6 nitrogen and oxygen atoms in total. The zero-order chi connectivity index (χ0) is 12.4. The maximum atomic E-state index is 10.9. The van der Waals surface area contributed by atoms with Gasteiger partial charge in [-0.15, -0.1) is 11.3 Å². The second-order valence-electron chi connectivity index (χ2n) is 3.51. The Morgan fingerprint density at radius 3 is 3.06 bits per heavy atom. The van der Waals surface area contributed by atoms with Crippen molar-refractivity contribution < 1.29 is 4.79 Å². The Morgan fingerprint density at radius 1 is 1.71 bits per heavy atom. The van der Waals surface area contributed by atoms with Crippen molar-refractivity contribution in [2.24, 2.45) is 7.05 Å². The molecule has 0 saturated carbocycles. The summed E-state index contributed by atoms with van der Waals surface area (Å²) in [5.74, 6) is 0.693. The molecule has 0 spiro atoms. The lowest BCUT2D eigenvalue weighted by Crippen LogP contribution is -2.05. The molecule has 0 bridgehead atoms. The van der Waals surface area contributed by atoms with Crippen LogP contribution in [-0.2, 0) is 18.3 Å². The normalized spacial score (nSPS) is 10.5. The van der Waals surface area contributed by atoms with E-state index >= 15 is 0 Å². The van der Waals surface area contributed by atoms with Crippen molar-refractivity contribution in [3.63, 3.8) is 0 Å². The number of thiazole rings is 1. The zero-order valence-electron chi connectivity index (χ0n) is 9.35. The number of aromatic amines is 1. The molecule has 90 valence electrons. The van der Waals surface area contributed by atoms with E-state index in [4.69, 9.17) is 12.2 Å². The molecular weight excluding hydrogens is 258 g/mol. The maximum Gasteiger partial charge on any atom is 0.223 e. The van der Waals surface area contributed by atoms with Crippen LogP contribution < -0.4 is 5.32 Å². The van der Waals surface area contributed by atoms with Gasteiger partial charge in [-0.25, -0.2) is 4.98 Å². The van der Waals surface area contributed by atoms with Crippen LogP contribution in [0.1, 0.15) is 18.4 Å². The summed E-state index contributed by atoms with van der Waals surface area (Å²) in [4.78, 5) is 15.1. The number of nitrogens with zero attached hydrogens (tertiary/aromatic N) is 3. The highest BCUT2D eigenvalue weighted by molar-refractivity contribution is 7.71. The molecule has 0 radical (unpaired) electrons. The summed E-state index contributed by atoms with van der Waals surface area (Å²) >= 11 is 6.42. The van der Waals surface area contributed by atoms with Crippen LogP contribution in [0.3, 0.4) is 0 Å². The van der Waals surface area contributed by atoms with E-state index in [1.165, 1.54) is 18.3 Å². The van der Waals surface area contributed by atoms with Gasteiger partial charge in [0.05, 0.1) is 12.1 Å². The number of anilines is 1. The third kappa shape index (κ3) is 2.77. The molecular formula is C9H11N5OS2. The average Bonchev–Trinajstić information content (AvgIpc) is 2.80. The molecule has 2 aromatic rings. The number of aromatic nitrogens is 4. The molecule has 2 N–H and O–H groups in total. The highest BCUT2D eigenvalue weighted by Crippen LogP contribution is 2.17. The van der Waals surface area contributed by atoms with Gasteiger partial charge in [0.2, 0.25) is 5.91 Å². The molecule has 0 fully saturated rings. The van der Waals surface area contributed by atoms with E-state index in [2.05, 4.69) is 20.5 Å². The minimum Gasteiger partial charge on any atom is -0.307 e. The number of carbonyl (C=O) groups is 1. The number of rotatable bonds is 3. The summed E-state index contributed by atoms with van der Waals surface area (Å²) in [6.45, 7) is 1.46. The summed E-state index contributed by atoms with van der Waals surface area (Å²) in [5, 5.41) is 12.0. The van der Waals surface area contributed by atoms with Gasteiger partial charge < -0.3 is 9.88 Å². The van der Waals surface area contributed by atoms with E-state index in [1.54, 1.807) is 4.57 Å². The lowest BCUT2D eigenvalue weighted by molar-refractivity contribution is -0.114. The SMILES string of the molecule is CC(=O)Nc1nc(Cc2n[nH]c(=S)n2C)cs1. The molecule has 0 saturated heterocycles. The number of H-pyrrole nitrogens is 1. The number of amides is 1. The van der Waals surface area contributed by atoms with Crippen molar-refractivity contribution >= 4 is 34.6 Å². The molecule has 0 aromatic carbocycles. The number of nitrogens with one attached hydrogen (secondary N) is 2. The molecule has 0 aliphatic carbocycles. The summed E-state index contributed by atoms with van der Waals surface area (Å²) in [6.07, 6.45) is 0.583. The smallest absolute Gasteiger partial charge is 0.223 e. The predicted molar refractivity (Wildman–Crippen MR) is 67.6 cm³/mol. The second-order valence-corrected chi connectivity index (χ2v) is 4.75. The van der Waals surface area contributed by atoms with Gasteiger partial charge >= 0.3 is 0 Å². The number of hydrogen-bond donors (Lipinski definition) is 2. The van der Waals surface area contributed by atoms with Crippen molar-refractivity contribution in [3.05, 3.63) is 21.7 Å². The van der Waals surface area contributed by atoms with Crippen LogP contribution in [0, 0.1) is 4.77 Å². The van der Waals surface area contributed by atoms with Crippen LogP contribution in [0.2, 0.25) is 0 Å². The minimum atomic E-state index is -0.121. The molecule has 2 heterocycles. The third-order valence-electron chi connectivity index (χ3n) is 2.15. The Balaban J connectivity index is 2.14. The largest absolute Gasteiger partial charge is 0.307 e. The van der Waals surface area contributed by atoms with Gasteiger partial charge in [0.25, 0.3) is 0 Å². The van der Waals surface area contributed by atoms with Crippen LogP contribution in [-0.4, -0.2) is 25.7 Å². The first kappa shape index (κ1) is 11.9. The molecule has 0 aliphatic rings. The van der Waals surface area contributed by atoms with Crippen molar-refractivity contribution in [1.82, 2.24) is 19.7 Å². The Bertz CT molecular complexity index is 597. The van der Waals surface area contributed by atoms with E-state index < -0.39 is 0 Å². The van der Waals surface area contributed by atoms with E-state index in [1.807, 2.05) is 12.4 Å². The highest BCUT2D eigenvalue weighted by Gasteiger charge is 2.08. The standard InChI is InChI=1S/C9H11N5OS2/c1-5(15)10-8-11-6(4-17-8)3-7-12-13-9(16)14(7)2/h4H,3H2,1-2H3,(H,13,16)(H,10,11,15). The Morgan fingerprint density at radius 2 is 2.47 bits per heavy atom. The highest BCUT2D eigenvalue weighted by atomic mass is 32.1. The van der Waals surface area contributed by atoms with E-state index in [0.717, 1.165) is 11.5 Å². The van der Waals surface area contributed by atoms with Crippen LogP contribution in [0.15, 0.2) is 5.38 Å². The molecule has 2 aromatic heterocycles. The third-order valence-corrected chi connectivity index (χ3v) is 3.32. The Labute approximate surface area is 107 Å². The lowest BCUT2D eigenvalue weighted by Gasteiger charge is -1.97. The second kappa shape index (κ2) is 4.76. The lowest BCUT2D eigenvalue weighted by atomic mass is 10.3. The first-order valence-corrected chi connectivity index (χ1v) is 6.17. The topological polar surface area (TPSA) is 75.6 Å². The summed E-state index contributed by atoms with van der Waals surface area (Å²) in [5.41, 5.74) is 0.857. The van der Waals surface area contributed by atoms with Gasteiger partial charge in [0.15, 0.2) is 9.90 Å². The monoisotopic (exact) mass is 269 g/mol. The quantitative estimate of drug-likeness (QED) is 0.828. The summed E-state index contributed by atoms with van der Waals surface area (Å²) in [7, 11) is 1.85. The molecule has 0 unspecified atom stereocenters. The summed E-state index contributed by atoms with van der Waals surface area (Å²) in [6, 6.07) is 0. The van der Waals surface area contributed by atoms with Crippen LogP contribution in [0.25, 0.3) is 0 Å². The van der Waals surface area contributed by atoms with Gasteiger partial charge in [0, 0.05) is 19.4 Å². The fourth-order valence-corrected chi connectivity index (χ4v) is 2.20. The number of hydrogen-bond acceptors (Lipinski definition) is 5. The van der Waals surface area contributed by atoms with E-state index in [-0.39, 0.29) is 5.91 Å². The molecule has 1 amide bonds. The Kier molecular flexibility index (Phi) is 3.34. The van der Waals surface area contributed by atoms with Crippen molar-refractivity contribution in [2.45, 2.75) is 13.3 Å². The fourth-order valence-electron chi connectivity index (χ4n) is 1.30. The molecule has 0 atom stereocenters. The van der Waals surface area contributed by atoms with Crippen molar-refractivity contribution in [2.75, 3.05) is 5.32 Å².